The number of nitrogens with one attached hydrogen (secondary N) is 1. The molecule has 1 aromatic rings. The summed E-state index contributed by atoms with van der Waals surface area (Å²) in [7, 11) is 4.05. The summed E-state index contributed by atoms with van der Waals surface area (Å²) < 4.78 is 5.82. The summed E-state index contributed by atoms with van der Waals surface area (Å²) in [4.78, 5) is 14.2. The molecule has 0 fully saturated rings. The van der Waals surface area contributed by atoms with E-state index in [0.717, 1.165) is 18.7 Å². The van der Waals surface area contributed by atoms with Crippen LogP contribution in [-0.4, -0.2) is 44.1 Å². The van der Waals surface area contributed by atoms with Gasteiger partial charge in [0.1, 0.15) is 5.75 Å². The van der Waals surface area contributed by atoms with Crippen molar-refractivity contribution in [3.63, 3.8) is 0 Å². The van der Waals surface area contributed by atoms with Crippen molar-refractivity contribution >= 4 is 5.91 Å². The predicted molar refractivity (Wildman–Crippen MR) is 86.8 cm³/mol. The zero-order valence-electron chi connectivity index (χ0n) is 13.9. The molecule has 4 heteroatoms. The average molecular weight is 292 g/mol. The molecule has 0 unspecified atom stereocenters. The number of benzene rings is 1. The van der Waals surface area contributed by atoms with Gasteiger partial charge < -0.3 is 15.0 Å². The normalized spacial score (nSPS) is 12.3. The van der Waals surface area contributed by atoms with Crippen molar-refractivity contribution < 1.29 is 9.53 Å². The van der Waals surface area contributed by atoms with Gasteiger partial charge in [-0.2, -0.15) is 0 Å². The van der Waals surface area contributed by atoms with Gasteiger partial charge in [-0.3, -0.25) is 4.79 Å². The lowest BCUT2D eigenvalue weighted by molar-refractivity contribution is -0.128. The van der Waals surface area contributed by atoms with Crippen molar-refractivity contribution in [3.8, 4) is 5.75 Å². The Morgan fingerprint density at radius 1 is 1.29 bits per heavy atom. The Labute approximate surface area is 128 Å². The third-order valence-corrected chi connectivity index (χ3v) is 3.50. The summed E-state index contributed by atoms with van der Waals surface area (Å²) in [6.07, 6.45) is 1.18. The number of aryl methyl sites for hydroxylation is 2. The standard InChI is InChI=1S/C17H28N2O2/c1-6-16(17(20)18-10-7-11-19(4)5)21-15-9-8-13(2)14(3)12-15/h8-9,12,16H,6-7,10-11H2,1-5H3,(H,18,20)/t16-/m0/s1. The SMILES string of the molecule is CC[C@H](Oc1ccc(C)c(C)c1)C(=O)NCCCN(C)C. The lowest BCUT2D eigenvalue weighted by atomic mass is 10.1. The summed E-state index contributed by atoms with van der Waals surface area (Å²) in [6.45, 7) is 7.72. The molecular formula is C17H28N2O2. The fourth-order valence-corrected chi connectivity index (χ4v) is 1.99. The van der Waals surface area contributed by atoms with Crippen molar-refractivity contribution in [3.05, 3.63) is 29.3 Å². The molecule has 1 rings (SSSR count). The highest BCUT2D eigenvalue weighted by atomic mass is 16.5. The van der Waals surface area contributed by atoms with Crippen molar-refractivity contribution in [2.45, 2.75) is 39.7 Å². The lowest BCUT2D eigenvalue weighted by Crippen LogP contribution is -2.39. The highest BCUT2D eigenvalue weighted by Crippen LogP contribution is 2.18. The van der Waals surface area contributed by atoms with Gasteiger partial charge >= 0.3 is 0 Å². The molecule has 1 atom stereocenters. The van der Waals surface area contributed by atoms with Crippen LogP contribution in [0.5, 0.6) is 5.75 Å². The summed E-state index contributed by atoms with van der Waals surface area (Å²) >= 11 is 0. The van der Waals surface area contributed by atoms with E-state index in [4.69, 9.17) is 4.74 Å². The molecule has 1 amide bonds. The third-order valence-electron chi connectivity index (χ3n) is 3.50. The Hall–Kier alpha value is -1.55. The average Bonchev–Trinajstić information content (AvgIpc) is 2.44. The number of amides is 1. The molecule has 118 valence electrons. The zero-order valence-corrected chi connectivity index (χ0v) is 13.9. The van der Waals surface area contributed by atoms with Gasteiger partial charge in [0.15, 0.2) is 6.10 Å². The molecule has 0 aliphatic carbocycles. The Morgan fingerprint density at radius 3 is 2.57 bits per heavy atom. The Morgan fingerprint density at radius 2 is 2.00 bits per heavy atom. The molecule has 1 N–H and O–H groups in total. The lowest BCUT2D eigenvalue weighted by Gasteiger charge is -2.18. The van der Waals surface area contributed by atoms with Gasteiger partial charge in [-0.15, -0.1) is 0 Å². The number of rotatable bonds is 8. The van der Waals surface area contributed by atoms with E-state index in [-0.39, 0.29) is 5.91 Å². The van der Waals surface area contributed by atoms with Gasteiger partial charge in [0.25, 0.3) is 5.91 Å². The quantitative estimate of drug-likeness (QED) is 0.749. The fraction of sp³-hybridized carbons (Fsp3) is 0.588. The van der Waals surface area contributed by atoms with Crippen LogP contribution in [0.2, 0.25) is 0 Å². The van der Waals surface area contributed by atoms with Crippen LogP contribution in [0.4, 0.5) is 0 Å². The molecule has 0 aromatic heterocycles. The van der Waals surface area contributed by atoms with Crippen LogP contribution in [0.15, 0.2) is 18.2 Å². The Kier molecular flexibility index (Phi) is 7.23. The predicted octanol–water partition coefficient (Wildman–Crippen LogP) is 2.53. The largest absolute Gasteiger partial charge is 0.481 e. The summed E-state index contributed by atoms with van der Waals surface area (Å²) in [6, 6.07) is 5.92. The van der Waals surface area contributed by atoms with Gasteiger partial charge in [-0.25, -0.2) is 0 Å². The monoisotopic (exact) mass is 292 g/mol. The van der Waals surface area contributed by atoms with Crippen LogP contribution >= 0.6 is 0 Å². The summed E-state index contributed by atoms with van der Waals surface area (Å²) in [5, 5.41) is 2.94. The van der Waals surface area contributed by atoms with E-state index in [9.17, 15) is 4.79 Å². The topological polar surface area (TPSA) is 41.6 Å². The van der Waals surface area contributed by atoms with E-state index in [1.807, 2.05) is 46.1 Å². The van der Waals surface area contributed by atoms with Gasteiger partial charge in [0, 0.05) is 6.54 Å². The van der Waals surface area contributed by atoms with E-state index < -0.39 is 6.10 Å². The second kappa shape index (κ2) is 8.67. The second-order valence-corrected chi connectivity index (χ2v) is 5.71. The molecule has 0 aliphatic rings. The number of carbonyl (C=O) groups is 1. The Balaban J connectivity index is 2.49. The highest BCUT2D eigenvalue weighted by molar-refractivity contribution is 5.81. The van der Waals surface area contributed by atoms with E-state index in [2.05, 4.69) is 17.1 Å². The molecule has 0 heterocycles. The van der Waals surface area contributed by atoms with E-state index >= 15 is 0 Å². The minimum absolute atomic E-state index is 0.0329. The number of hydrogen-bond donors (Lipinski definition) is 1. The van der Waals surface area contributed by atoms with Crippen molar-refractivity contribution in [1.29, 1.82) is 0 Å². The molecule has 0 spiro atoms. The first kappa shape index (κ1) is 17.5. The van der Waals surface area contributed by atoms with Crippen molar-refractivity contribution in [2.24, 2.45) is 0 Å². The molecule has 0 bridgehead atoms. The van der Waals surface area contributed by atoms with Crippen LogP contribution in [0, 0.1) is 13.8 Å². The smallest absolute Gasteiger partial charge is 0.261 e. The summed E-state index contributed by atoms with van der Waals surface area (Å²) in [5.41, 5.74) is 2.40. The number of carbonyl (C=O) groups excluding carboxylic acids is 1. The highest BCUT2D eigenvalue weighted by Gasteiger charge is 2.17. The minimum atomic E-state index is -0.425. The van der Waals surface area contributed by atoms with Crippen molar-refractivity contribution in [2.75, 3.05) is 27.2 Å². The number of nitrogens with zero attached hydrogens (tertiary/aromatic N) is 1. The Bertz CT molecular complexity index is 458. The van der Waals surface area contributed by atoms with E-state index in [0.29, 0.717) is 13.0 Å². The zero-order chi connectivity index (χ0) is 15.8. The van der Waals surface area contributed by atoms with E-state index in [1.165, 1.54) is 11.1 Å². The van der Waals surface area contributed by atoms with Crippen LogP contribution < -0.4 is 10.1 Å². The maximum atomic E-state index is 12.1. The van der Waals surface area contributed by atoms with Gasteiger partial charge in [0.05, 0.1) is 0 Å². The van der Waals surface area contributed by atoms with Crippen LogP contribution in [-0.2, 0) is 4.79 Å². The van der Waals surface area contributed by atoms with Gasteiger partial charge in [0.2, 0.25) is 0 Å². The molecule has 0 saturated carbocycles. The fourth-order valence-electron chi connectivity index (χ4n) is 1.99. The molecular weight excluding hydrogens is 264 g/mol. The minimum Gasteiger partial charge on any atom is -0.481 e. The number of hydrogen-bond acceptors (Lipinski definition) is 3. The summed E-state index contributed by atoms with van der Waals surface area (Å²) in [5.74, 6) is 0.725. The second-order valence-electron chi connectivity index (χ2n) is 5.71. The maximum absolute atomic E-state index is 12.1. The van der Waals surface area contributed by atoms with Crippen LogP contribution in [0.1, 0.15) is 30.9 Å². The first-order valence-electron chi connectivity index (χ1n) is 7.60. The molecule has 21 heavy (non-hydrogen) atoms. The number of ether oxygens (including phenoxy) is 1. The maximum Gasteiger partial charge on any atom is 0.261 e. The van der Waals surface area contributed by atoms with Gasteiger partial charge in [-0.05, 0) is 70.6 Å². The molecule has 0 saturated heterocycles. The first-order valence-corrected chi connectivity index (χ1v) is 7.60. The molecule has 4 nitrogen and oxygen atoms in total. The van der Waals surface area contributed by atoms with Crippen LogP contribution in [0.3, 0.4) is 0 Å². The van der Waals surface area contributed by atoms with E-state index in [1.54, 1.807) is 0 Å². The van der Waals surface area contributed by atoms with Crippen molar-refractivity contribution in [1.82, 2.24) is 10.2 Å². The third kappa shape index (κ3) is 6.17. The molecule has 0 radical (unpaired) electrons. The molecule has 1 aromatic carbocycles. The van der Waals surface area contributed by atoms with Gasteiger partial charge in [-0.1, -0.05) is 13.0 Å². The van der Waals surface area contributed by atoms with Crippen LogP contribution in [0.25, 0.3) is 0 Å². The molecule has 0 aliphatic heterocycles. The first-order chi connectivity index (χ1) is 9.93.